The maximum absolute atomic E-state index is 11.8. The average Bonchev–Trinajstić information content (AvgIpc) is 2.82. The van der Waals surface area contributed by atoms with Crippen molar-refractivity contribution in [2.75, 3.05) is 18.0 Å². The number of likely N-dealkylation sites (tertiary alicyclic amines) is 1. The van der Waals surface area contributed by atoms with Crippen molar-refractivity contribution in [3.63, 3.8) is 0 Å². The molecule has 2 saturated heterocycles. The lowest BCUT2D eigenvalue weighted by Gasteiger charge is -2.42. The van der Waals surface area contributed by atoms with Crippen LogP contribution in [0.5, 0.6) is 0 Å². The van der Waals surface area contributed by atoms with E-state index in [0.717, 1.165) is 25.3 Å². The minimum Gasteiger partial charge on any atom is -0.361 e. The number of aromatic nitrogens is 2. The van der Waals surface area contributed by atoms with Gasteiger partial charge in [-0.15, -0.1) is 0 Å². The van der Waals surface area contributed by atoms with E-state index >= 15 is 0 Å². The summed E-state index contributed by atoms with van der Waals surface area (Å²) in [5, 5.41) is 6.46. The summed E-state index contributed by atoms with van der Waals surface area (Å²) in [6.45, 7) is 3.06. The lowest BCUT2D eigenvalue weighted by molar-refractivity contribution is 0.211. The van der Waals surface area contributed by atoms with Crippen LogP contribution in [0.3, 0.4) is 0 Å². The summed E-state index contributed by atoms with van der Waals surface area (Å²) in [5.41, 5.74) is 2.13. The van der Waals surface area contributed by atoms with Crippen LogP contribution in [0.15, 0.2) is 45.8 Å². The van der Waals surface area contributed by atoms with Crippen molar-refractivity contribution >= 4 is 21.6 Å². The first-order valence-corrected chi connectivity index (χ1v) is 8.79. The Bertz CT molecular complexity index is 734. The molecule has 2 fully saturated rings. The van der Waals surface area contributed by atoms with Gasteiger partial charge >= 0.3 is 0 Å². The number of fused-ring (bicyclic) bond motifs is 2. The number of rotatable bonds is 3. The number of H-pyrrole nitrogens is 1. The summed E-state index contributed by atoms with van der Waals surface area (Å²) in [6, 6.07) is 11.5. The summed E-state index contributed by atoms with van der Waals surface area (Å²) < 4.78 is 0.598. The van der Waals surface area contributed by atoms with Crippen molar-refractivity contribution in [3.05, 3.63) is 56.9 Å². The van der Waals surface area contributed by atoms with Crippen LogP contribution in [-0.4, -0.2) is 40.3 Å². The van der Waals surface area contributed by atoms with Gasteiger partial charge in [-0.2, -0.15) is 5.10 Å². The smallest absolute Gasteiger partial charge is 0.280 e. The summed E-state index contributed by atoms with van der Waals surface area (Å²) in [5.74, 6) is 0. The molecule has 2 aliphatic rings. The minimum absolute atomic E-state index is 0.159. The minimum atomic E-state index is -0.159. The molecular formula is C17H19BrN4O. The Morgan fingerprint density at radius 1 is 1.17 bits per heavy atom. The molecule has 2 aliphatic heterocycles. The quantitative estimate of drug-likeness (QED) is 0.895. The number of anilines is 1. The first-order chi connectivity index (χ1) is 11.2. The van der Waals surface area contributed by atoms with Gasteiger partial charge in [-0.1, -0.05) is 30.3 Å². The Labute approximate surface area is 143 Å². The second-order valence-electron chi connectivity index (χ2n) is 6.37. The molecule has 0 radical (unpaired) electrons. The van der Waals surface area contributed by atoms with Gasteiger partial charge in [0.05, 0.1) is 11.9 Å². The largest absolute Gasteiger partial charge is 0.361 e. The highest BCUT2D eigenvalue weighted by Crippen LogP contribution is 2.37. The summed E-state index contributed by atoms with van der Waals surface area (Å²) in [6.07, 6.45) is 4.12. The van der Waals surface area contributed by atoms with Crippen LogP contribution in [0.25, 0.3) is 0 Å². The highest BCUT2D eigenvalue weighted by molar-refractivity contribution is 9.10. The van der Waals surface area contributed by atoms with Crippen LogP contribution in [0, 0.1) is 0 Å². The van der Waals surface area contributed by atoms with E-state index < -0.39 is 0 Å². The fourth-order valence-electron chi connectivity index (χ4n) is 3.91. The summed E-state index contributed by atoms with van der Waals surface area (Å²) in [4.78, 5) is 16.7. The van der Waals surface area contributed by atoms with E-state index in [-0.39, 0.29) is 5.56 Å². The molecule has 5 nitrogen and oxygen atoms in total. The van der Waals surface area contributed by atoms with Gasteiger partial charge in [0.15, 0.2) is 0 Å². The number of hydrogen-bond acceptors (Lipinski definition) is 4. The van der Waals surface area contributed by atoms with Gasteiger partial charge in [0.25, 0.3) is 5.56 Å². The van der Waals surface area contributed by atoms with E-state index in [1.54, 1.807) is 6.20 Å². The van der Waals surface area contributed by atoms with E-state index in [1.807, 2.05) is 0 Å². The average molecular weight is 375 g/mol. The van der Waals surface area contributed by atoms with Crippen LogP contribution in [-0.2, 0) is 6.54 Å². The molecule has 6 heteroatoms. The fourth-order valence-corrected chi connectivity index (χ4v) is 4.30. The molecule has 3 heterocycles. The van der Waals surface area contributed by atoms with Gasteiger partial charge < -0.3 is 4.90 Å². The predicted octanol–water partition coefficient (Wildman–Crippen LogP) is 2.39. The fraction of sp³-hybridized carbons (Fsp3) is 0.412. The zero-order chi connectivity index (χ0) is 15.8. The second-order valence-corrected chi connectivity index (χ2v) is 7.16. The molecular weight excluding hydrogens is 356 g/mol. The lowest BCUT2D eigenvalue weighted by atomic mass is 10.1. The number of nitrogens with zero attached hydrogens (tertiary/aromatic N) is 3. The van der Waals surface area contributed by atoms with Crippen molar-refractivity contribution in [2.24, 2.45) is 0 Å². The Balaban J connectivity index is 1.54. The van der Waals surface area contributed by atoms with Gasteiger partial charge in [0, 0.05) is 31.7 Å². The lowest BCUT2D eigenvalue weighted by Crippen LogP contribution is -2.53. The van der Waals surface area contributed by atoms with Gasteiger partial charge in [0.2, 0.25) is 0 Å². The maximum atomic E-state index is 11.8. The van der Waals surface area contributed by atoms with Crippen molar-refractivity contribution < 1.29 is 0 Å². The molecule has 2 atom stereocenters. The topological polar surface area (TPSA) is 52.2 Å². The number of piperazine rings is 1. The van der Waals surface area contributed by atoms with Gasteiger partial charge in [0.1, 0.15) is 4.47 Å². The standard InChI is InChI=1S/C17H19BrN4O/c18-16-15(8-19-20-17(16)23)22-13-6-7-14(22)11-21(10-13)9-12-4-2-1-3-5-12/h1-5,8,13-14H,6-7,9-11H2,(H,20,23). The molecule has 0 amide bonds. The van der Waals surface area contributed by atoms with E-state index in [1.165, 1.54) is 18.4 Å². The van der Waals surface area contributed by atoms with Crippen LogP contribution < -0.4 is 10.5 Å². The third-order valence-electron chi connectivity index (χ3n) is 4.86. The molecule has 0 aliphatic carbocycles. The molecule has 2 bridgehead atoms. The van der Waals surface area contributed by atoms with E-state index in [9.17, 15) is 4.79 Å². The normalized spacial score (nSPS) is 24.1. The van der Waals surface area contributed by atoms with Gasteiger partial charge in [-0.25, -0.2) is 5.10 Å². The highest BCUT2D eigenvalue weighted by Gasteiger charge is 2.40. The van der Waals surface area contributed by atoms with Crippen LogP contribution in [0.4, 0.5) is 5.69 Å². The van der Waals surface area contributed by atoms with E-state index in [4.69, 9.17) is 0 Å². The Hall–Kier alpha value is -1.66. The first-order valence-electron chi connectivity index (χ1n) is 8.00. The number of hydrogen-bond donors (Lipinski definition) is 1. The Kier molecular flexibility index (Phi) is 3.95. The molecule has 2 unspecified atom stereocenters. The Morgan fingerprint density at radius 2 is 1.87 bits per heavy atom. The van der Waals surface area contributed by atoms with Crippen LogP contribution in [0.1, 0.15) is 18.4 Å². The monoisotopic (exact) mass is 374 g/mol. The first kappa shape index (κ1) is 14.9. The maximum Gasteiger partial charge on any atom is 0.280 e. The summed E-state index contributed by atoms with van der Waals surface area (Å²) in [7, 11) is 0. The van der Waals surface area contributed by atoms with Crippen molar-refractivity contribution in [3.8, 4) is 0 Å². The highest BCUT2D eigenvalue weighted by atomic mass is 79.9. The van der Waals surface area contributed by atoms with Crippen molar-refractivity contribution in [1.82, 2.24) is 15.1 Å². The molecule has 1 aromatic carbocycles. The van der Waals surface area contributed by atoms with E-state index in [0.29, 0.717) is 16.6 Å². The third kappa shape index (κ3) is 2.81. The van der Waals surface area contributed by atoms with Crippen molar-refractivity contribution in [1.29, 1.82) is 0 Å². The Morgan fingerprint density at radius 3 is 2.57 bits per heavy atom. The molecule has 23 heavy (non-hydrogen) atoms. The van der Waals surface area contributed by atoms with Crippen LogP contribution >= 0.6 is 15.9 Å². The molecule has 120 valence electrons. The third-order valence-corrected chi connectivity index (χ3v) is 5.63. The van der Waals surface area contributed by atoms with Crippen LogP contribution in [0.2, 0.25) is 0 Å². The van der Waals surface area contributed by atoms with Crippen molar-refractivity contribution in [2.45, 2.75) is 31.5 Å². The zero-order valence-corrected chi connectivity index (χ0v) is 14.4. The molecule has 0 spiro atoms. The molecule has 1 N–H and O–H groups in total. The molecule has 1 aromatic heterocycles. The van der Waals surface area contributed by atoms with Gasteiger partial charge in [-0.3, -0.25) is 9.69 Å². The SMILES string of the molecule is O=c1[nH]ncc(N2C3CCC2CN(Cc2ccccc2)C3)c1Br. The van der Waals surface area contributed by atoms with E-state index in [2.05, 4.69) is 66.3 Å². The second kappa shape index (κ2) is 6.09. The number of halogens is 1. The number of nitrogens with one attached hydrogen (secondary N) is 1. The zero-order valence-electron chi connectivity index (χ0n) is 12.8. The number of aromatic amines is 1. The summed E-state index contributed by atoms with van der Waals surface area (Å²) >= 11 is 3.43. The predicted molar refractivity (Wildman–Crippen MR) is 93.6 cm³/mol. The van der Waals surface area contributed by atoms with Gasteiger partial charge in [-0.05, 0) is 34.3 Å². The molecule has 2 aromatic rings. The molecule has 0 saturated carbocycles. The molecule has 4 rings (SSSR count). The number of benzene rings is 1.